The van der Waals surface area contributed by atoms with Crippen molar-refractivity contribution in [3.63, 3.8) is 0 Å². The SMILES string of the molecule is CCn1c(CC(=O)Nc2ccc(F)cc2)nnc1SCC(=O)Nc1ccc(F)cc1F. The van der Waals surface area contributed by atoms with Crippen LogP contribution in [-0.2, 0) is 22.6 Å². The average Bonchev–Trinajstić information content (AvgIpc) is 3.11. The van der Waals surface area contributed by atoms with E-state index in [4.69, 9.17) is 0 Å². The third-order valence-corrected chi connectivity index (χ3v) is 5.06. The summed E-state index contributed by atoms with van der Waals surface area (Å²) in [5.74, 6) is -2.56. The summed E-state index contributed by atoms with van der Waals surface area (Å²) in [4.78, 5) is 24.3. The number of hydrogen-bond donors (Lipinski definition) is 2. The molecule has 0 aliphatic heterocycles. The minimum absolute atomic E-state index is 0.0637. The molecule has 0 saturated carbocycles. The molecule has 1 heterocycles. The first-order valence-corrected chi connectivity index (χ1v) is 10.2. The fraction of sp³-hybridized carbons (Fsp3) is 0.200. The average molecular weight is 449 g/mol. The minimum Gasteiger partial charge on any atom is -0.326 e. The number of rotatable bonds is 8. The second-order valence-electron chi connectivity index (χ2n) is 6.34. The smallest absolute Gasteiger partial charge is 0.234 e. The van der Waals surface area contributed by atoms with Gasteiger partial charge in [-0.1, -0.05) is 11.8 Å². The Morgan fingerprint density at radius 3 is 2.35 bits per heavy atom. The first kappa shape index (κ1) is 22.3. The molecular weight excluding hydrogens is 431 g/mol. The summed E-state index contributed by atoms with van der Waals surface area (Å²) >= 11 is 1.07. The molecule has 0 bridgehead atoms. The normalized spacial score (nSPS) is 10.7. The molecule has 0 aliphatic carbocycles. The lowest BCUT2D eigenvalue weighted by Gasteiger charge is -2.09. The van der Waals surface area contributed by atoms with Crippen LogP contribution in [0.1, 0.15) is 12.7 Å². The van der Waals surface area contributed by atoms with Crippen molar-refractivity contribution in [2.24, 2.45) is 0 Å². The van der Waals surface area contributed by atoms with Gasteiger partial charge >= 0.3 is 0 Å². The first-order valence-electron chi connectivity index (χ1n) is 9.21. The van der Waals surface area contributed by atoms with Crippen LogP contribution < -0.4 is 10.6 Å². The van der Waals surface area contributed by atoms with Gasteiger partial charge in [-0.3, -0.25) is 9.59 Å². The number of anilines is 2. The van der Waals surface area contributed by atoms with Gasteiger partial charge in [0.2, 0.25) is 11.8 Å². The lowest BCUT2D eigenvalue weighted by molar-refractivity contribution is -0.116. The maximum Gasteiger partial charge on any atom is 0.234 e. The van der Waals surface area contributed by atoms with E-state index in [9.17, 15) is 22.8 Å². The number of hydrogen-bond acceptors (Lipinski definition) is 5. The van der Waals surface area contributed by atoms with Crippen molar-refractivity contribution in [3.8, 4) is 0 Å². The Labute approximate surface area is 180 Å². The highest BCUT2D eigenvalue weighted by Gasteiger charge is 2.16. The zero-order valence-corrected chi connectivity index (χ0v) is 17.2. The van der Waals surface area contributed by atoms with E-state index in [1.807, 2.05) is 6.92 Å². The zero-order chi connectivity index (χ0) is 22.4. The van der Waals surface area contributed by atoms with Crippen LogP contribution in [0.5, 0.6) is 0 Å². The summed E-state index contributed by atoms with van der Waals surface area (Å²) in [6.07, 6.45) is -0.0637. The van der Waals surface area contributed by atoms with Gasteiger partial charge in [0.15, 0.2) is 5.16 Å². The Kier molecular flexibility index (Phi) is 7.29. The molecule has 0 spiro atoms. The molecule has 31 heavy (non-hydrogen) atoms. The predicted octanol–water partition coefficient (Wildman–Crippen LogP) is 3.63. The second kappa shape index (κ2) is 10.1. The van der Waals surface area contributed by atoms with Gasteiger partial charge < -0.3 is 15.2 Å². The fourth-order valence-corrected chi connectivity index (χ4v) is 3.48. The van der Waals surface area contributed by atoms with Crippen LogP contribution in [0.3, 0.4) is 0 Å². The van der Waals surface area contributed by atoms with E-state index in [-0.39, 0.29) is 23.8 Å². The molecule has 1 aromatic heterocycles. The van der Waals surface area contributed by atoms with Crippen molar-refractivity contribution in [3.05, 3.63) is 65.7 Å². The minimum atomic E-state index is -0.871. The topological polar surface area (TPSA) is 88.9 Å². The van der Waals surface area contributed by atoms with Gasteiger partial charge in [-0.2, -0.15) is 0 Å². The first-order chi connectivity index (χ1) is 14.9. The summed E-state index contributed by atoms with van der Waals surface area (Å²) in [5.41, 5.74) is 0.329. The van der Waals surface area contributed by atoms with Crippen LogP contribution in [0.15, 0.2) is 47.6 Å². The number of nitrogens with one attached hydrogen (secondary N) is 2. The molecule has 0 unspecified atom stereocenters. The highest BCUT2D eigenvalue weighted by molar-refractivity contribution is 7.99. The quantitative estimate of drug-likeness (QED) is 0.513. The molecule has 2 N–H and O–H groups in total. The van der Waals surface area contributed by atoms with E-state index in [0.717, 1.165) is 23.9 Å². The molecule has 162 valence electrons. The number of aromatic nitrogens is 3. The van der Waals surface area contributed by atoms with E-state index < -0.39 is 23.4 Å². The van der Waals surface area contributed by atoms with E-state index >= 15 is 0 Å². The molecule has 7 nitrogen and oxygen atoms in total. The van der Waals surface area contributed by atoms with Crippen LogP contribution in [0.25, 0.3) is 0 Å². The van der Waals surface area contributed by atoms with Crippen molar-refractivity contribution in [2.45, 2.75) is 25.0 Å². The van der Waals surface area contributed by atoms with Crippen molar-refractivity contribution >= 4 is 35.0 Å². The molecule has 2 aromatic carbocycles. The van der Waals surface area contributed by atoms with Crippen molar-refractivity contribution in [1.29, 1.82) is 0 Å². The lowest BCUT2D eigenvalue weighted by atomic mass is 10.3. The van der Waals surface area contributed by atoms with Crippen LogP contribution in [-0.4, -0.2) is 32.3 Å². The molecule has 3 aromatic rings. The maximum atomic E-state index is 13.6. The molecule has 0 atom stereocenters. The summed E-state index contributed by atoms with van der Waals surface area (Å²) in [6.45, 7) is 2.30. The summed E-state index contributed by atoms with van der Waals surface area (Å²) in [7, 11) is 0. The monoisotopic (exact) mass is 449 g/mol. The molecule has 3 rings (SSSR count). The van der Waals surface area contributed by atoms with Gasteiger partial charge in [-0.15, -0.1) is 10.2 Å². The molecular formula is C20H18F3N5O2S. The van der Waals surface area contributed by atoms with Crippen LogP contribution >= 0.6 is 11.8 Å². The molecule has 0 saturated heterocycles. The van der Waals surface area contributed by atoms with Crippen molar-refractivity contribution < 1.29 is 22.8 Å². The van der Waals surface area contributed by atoms with Gasteiger partial charge in [0.05, 0.1) is 17.9 Å². The number of halogens is 3. The van der Waals surface area contributed by atoms with Crippen molar-refractivity contribution in [2.75, 3.05) is 16.4 Å². The number of thioether (sulfide) groups is 1. The van der Waals surface area contributed by atoms with Crippen molar-refractivity contribution in [1.82, 2.24) is 14.8 Å². The number of amides is 2. The van der Waals surface area contributed by atoms with Crippen LogP contribution in [0.4, 0.5) is 24.5 Å². The fourth-order valence-electron chi connectivity index (χ4n) is 2.66. The Hall–Kier alpha value is -3.34. The van der Waals surface area contributed by atoms with E-state index in [1.165, 1.54) is 24.3 Å². The zero-order valence-electron chi connectivity index (χ0n) is 16.4. The van der Waals surface area contributed by atoms with Gasteiger partial charge in [0.25, 0.3) is 0 Å². The van der Waals surface area contributed by atoms with Gasteiger partial charge in [-0.25, -0.2) is 13.2 Å². The third-order valence-electron chi connectivity index (χ3n) is 4.09. The summed E-state index contributed by atoms with van der Waals surface area (Å²) in [5, 5.41) is 13.4. The molecule has 2 amide bonds. The van der Waals surface area contributed by atoms with Gasteiger partial charge in [-0.05, 0) is 43.3 Å². The molecule has 11 heteroatoms. The molecule has 0 aliphatic rings. The third kappa shape index (κ3) is 6.07. The highest BCUT2D eigenvalue weighted by atomic mass is 32.2. The summed E-state index contributed by atoms with van der Waals surface area (Å²) in [6, 6.07) is 8.23. The molecule has 0 fully saturated rings. The van der Waals surface area contributed by atoms with Crippen LogP contribution in [0, 0.1) is 17.5 Å². The number of carbonyl (C=O) groups is 2. The second-order valence-corrected chi connectivity index (χ2v) is 7.28. The van der Waals surface area contributed by atoms with Gasteiger partial charge in [0, 0.05) is 18.3 Å². The Balaban J connectivity index is 1.58. The Morgan fingerprint density at radius 2 is 1.68 bits per heavy atom. The van der Waals surface area contributed by atoms with E-state index in [2.05, 4.69) is 20.8 Å². The number of carbonyl (C=O) groups excluding carboxylic acids is 2. The standard InChI is InChI=1S/C20H18F3N5O2S/c1-2-28-17(10-18(29)24-14-6-3-12(21)4-7-14)26-27-20(28)31-11-19(30)25-16-8-5-13(22)9-15(16)23/h3-9H,2,10-11H2,1H3,(H,24,29)(H,25,30). The number of benzene rings is 2. The van der Waals surface area contributed by atoms with E-state index in [1.54, 1.807) is 4.57 Å². The van der Waals surface area contributed by atoms with Gasteiger partial charge in [0.1, 0.15) is 23.3 Å². The maximum absolute atomic E-state index is 13.6. The lowest BCUT2D eigenvalue weighted by Crippen LogP contribution is -2.18. The number of nitrogens with zero attached hydrogens (tertiary/aromatic N) is 3. The Bertz CT molecular complexity index is 1090. The summed E-state index contributed by atoms with van der Waals surface area (Å²) < 4.78 is 41.2. The Morgan fingerprint density at radius 1 is 0.968 bits per heavy atom. The van der Waals surface area contributed by atoms with Crippen LogP contribution in [0.2, 0.25) is 0 Å². The highest BCUT2D eigenvalue weighted by Crippen LogP contribution is 2.20. The largest absolute Gasteiger partial charge is 0.326 e. The van der Waals surface area contributed by atoms with E-state index in [0.29, 0.717) is 29.3 Å². The predicted molar refractivity (Wildman–Crippen MR) is 110 cm³/mol. The molecule has 0 radical (unpaired) electrons.